The van der Waals surface area contributed by atoms with Gasteiger partial charge in [0.2, 0.25) is 0 Å². The molecule has 2 aromatic rings. The van der Waals surface area contributed by atoms with Crippen LogP contribution in [0.3, 0.4) is 0 Å². The molecule has 0 heterocycles. The Morgan fingerprint density at radius 3 is 2.45 bits per heavy atom. The van der Waals surface area contributed by atoms with E-state index >= 15 is 0 Å². The van der Waals surface area contributed by atoms with Crippen LogP contribution in [0.25, 0.3) is 0 Å². The van der Waals surface area contributed by atoms with Gasteiger partial charge in [0, 0.05) is 23.3 Å². The Morgan fingerprint density at radius 2 is 1.75 bits per heavy atom. The maximum atomic E-state index is 12.2. The van der Waals surface area contributed by atoms with Crippen LogP contribution in [0.5, 0.6) is 0 Å². The lowest BCUT2D eigenvalue weighted by molar-refractivity contribution is -0.0757. The third-order valence-corrected chi connectivity index (χ3v) is 4.01. The van der Waals surface area contributed by atoms with Gasteiger partial charge in [-0.3, -0.25) is 9.63 Å². The third kappa shape index (κ3) is 3.62. The summed E-state index contributed by atoms with van der Waals surface area (Å²) in [5, 5.41) is 1.24. The van der Waals surface area contributed by atoms with Gasteiger partial charge in [0.05, 0.1) is 7.11 Å². The number of rotatable bonds is 5. The van der Waals surface area contributed by atoms with Crippen LogP contribution in [-0.2, 0) is 10.6 Å². The van der Waals surface area contributed by atoms with Crippen LogP contribution >= 0.6 is 11.8 Å². The van der Waals surface area contributed by atoms with Crippen molar-refractivity contribution in [2.75, 3.05) is 14.2 Å². The molecular weight excluding hydrogens is 270 g/mol. The number of benzene rings is 2. The lowest BCUT2D eigenvalue weighted by Gasteiger charge is -2.16. The fourth-order valence-electron chi connectivity index (χ4n) is 1.79. The molecule has 0 N–H and O–H groups in total. The van der Waals surface area contributed by atoms with E-state index in [0.717, 1.165) is 11.3 Å². The van der Waals surface area contributed by atoms with Crippen LogP contribution in [0, 0.1) is 0 Å². The van der Waals surface area contributed by atoms with E-state index in [1.807, 2.05) is 42.5 Å². The first-order valence-electron chi connectivity index (χ1n) is 6.30. The molecule has 20 heavy (non-hydrogen) atoms. The van der Waals surface area contributed by atoms with E-state index in [1.54, 1.807) is 18.8 Å². The number of carbonyl (C=O) groups excluding carboxylic acids is 1. The van der Waals surface area contributed by atoms with E-state index < -0.39 is 0 Å². The smallest absolute Gasteiger partial charge is 0.274 e. The Kier molecular flexibility index (Phi) is 5.21. The van der Waals surface area contributed by atoms with E-state index in [1.165, 1.54) is 17.1 Å². The minimum Gasteiger partial charge on any atom is -0.274 e. The first-order valence-corrected chi connectivity index (χ1v) is 7.29. The molecular formula is C16H17NO2S. The Morgan fingerprint density at radius 1 is 1.10 bits per heavy atom. The van der Waals surface area contributed by atoms with Crippen LogP contribution in [0.2, 0.25) is 0 Å². The summed E-state index contributed by atoms with van der Waals surface area (Å²) in [4.78, 5) is 18.4. The maximum Gasteiger partial charge on any atom is 0.277 e. The van der Waals surface area contributed by atoms with Gasteiger partial charge in [-0.05, 0) is 23.8 Å². The summed E-state index contributed by atoms with van der Waals surface area (Å²) in [5.74, 6) is 0.625. The predicted octanol–water partition coefficient (Wildman–Crippen LogP) is 3.61. The number of hydrogen-bond acceptors (Lipinski definition) is 3. The molecule has 0 aromatic heterocycles. The molecule has 2 aromatic carbocycles. The van der Waals surface area contributed by atoms with Gasteiger partial charge in [0.15, 0.2) is 0 Å². The van der Waals surface area contributed by atoms with Crippen LogP contribution in [0.15, 0.2) is 59.5 Å². The summed E-state index contributed by atoms with van der Waals surface area (Å²) in [6.07, 6.45) is 0. The summed E-state index contributed by atoms with van der Waals surface area (Å²) in [6, 6.07) is 17.8. The zero-order valence-electron chi connectivity index (χ0n) is 11.6. The Balaban J connectivity index is 2.14. The maximum absolute atomic E-state index is 12.2. The Hall–Kier alpha value is -1.78. The largest absolute Gasteiger partial charge is 0.277 e. The Bertz CT molecular complexity index is 572. The molecule has 0 fully saturated rings. The molecule has 0 radical (unpaired) electrons. The molecule has 0 saturated heterocycles. The van der Waals surface area contributed by atoms with Gasteiger partial charge in [-0.2, -0.15) is 0 Å². The second-order valence-corrected chi connectivity index (χ2v) is 5.29. The molecule has 0 bridgehead atoms. The van der Waals surface area contributed by atoms with Gasteiger partial charge in [0.1, 0.15) is 0 Å². The second kappa shape index (κ2) is 7.12. The molecule has 0 aliphatic rings. The van der Waals surface area contributed by atoms with Gasteiger partial charge in [-0.25, -0.2) is 5.06 Å². The zero-order chi connectivity index (χ0) is 14.4. The van der Waals surface area contributed by atoms with Crippen molar-refractivity contribution in [2.45, 2.75) is 10.6 Å². The molecule has 1 amide bonds. The quantitative estimate of drug-likeness (QED) is 0.621. The molecule has 3 nitrogen and oxygen atoms in total. The summed E-state index contributed by atoms with van der Waals surface area (Å²) in [7, 11) is 3.10. The van der Waals surface area contributed by atoms with Crippen LogP contribution in [0.1, 0.15) is 15.9 Å². The van der Waals surface area contributed by atoms with Crippen molar-refractivity contribution in [3.05, 3.63) is 65.7 Å². The van der Waals surface area contributed by atoms with E-state index in [-0.39, 0.29) is 5.91 Å². The highest BCUT2D eigenvalue weighted by molar-refractivity contribution is 7.98. The molecule has 0 aliphatic heterocycles. The van der Waals surface area contributed by atoms with Gasteiger partial charge in [-0.1, -0.05) is 36.4 Å². The summed E-state index contributed by atoms with van der Waals surface area (Å²) in [5.41, 5.74) is 1.69. The standard InChI is InChI=1S/C16H17NO2S/c1-17(19-2)16(18)15-11-7-6-8-13(15)12-20-14-9-4-3-5-10-14/h3-11H,12H2,1-2H3. The van der Waals surface area contributed by atoms with Gasteiger partial charge in [0.25, 0.3) is 5.91 Å². The minimum atomic E-state index is -0.128. The SMILES string of the molecule is CON(C)C(=O)c1ccccc1CSc1ccccc1. The number of carbonyl (C=O) groups is 1. The summed E-state index contributed by atoms with van der Waals surface area (Å²) >= 11 is 1.71. The average Bonchev–Trinajstić information content (AvgIpc) is 2.52. The molecule has 0 saturated carbocycles. The topological polar surface area (TPSA) is 29.5 Å². The van der Waals surface area contributed by atoms with Crippen LogP contribution in [-0.4, -0.2) is 25.1 Å². The first-order chi connectivity index (χ1) is 9.72. The van der Waals surface area contributed by atoms with Crippen molar-refractivity contribution in [2.24, 2.45) is 0 Å². The van der Waals surface area contributed by atoms with E-state index in [4.69, 9.17) is 4.84 Å². The lowest BCUT2D eigenvalue weighted by atomic mass is 10.1. The number of hydrogen-bond donors (Lipinski definition) is 0. The fraction of sp³-hybridized carbons (Fsp3) is 0.188. The van der Waals surface area contributed by atoms with Crippen molar-refractivity contribution in [1.82, 2.24) is 5.06 Å². The highest BCUT2D eigenvalue weighted by atomic mass is 32.2. The normalized spacial score (nSPS) is 10.3. The molecule has 2 rings (SSSR count). The monoisotopic (exact) mass is 287 g/mol. The molecule has 0 aliphatic carbocycles. The molecule has 104 valence electrons. The van der Waals surface area contributed by atoms with E-state index in [9.17, 15) is 4.79 Å². The van der Waals surface area contributed by atoms with E-state index in [0.29, 0.717) is 5.56 Å². The van der Waals surface area contributed by atoms with Crippen molar-refractivity contribution in [3.8, 4) is 0 Å². The highest BCUT2D eigenvalue weighted by Gasteiger charge is 2.15. The van der Waals surface area contributed by atoms with Gasteiger partial charge < -0.3 is 0 Å². The molecule has 0 unspecified atom stereocenters. The van der Waals surface area contributed by atoms with Crippen molar-refractivity contribution in [1.29, 1.82) is 0 Å². The number of hydroxylamine groups is 2. The highest BCUT2D eigenvalue weighted by Crippen LogP contribution is 2.24. The van der Waals surface area contributed by atoms with E-state index in [2.05, 4.69) is 12.1 Å². The first kappa shape index (κ1) is 14.6. The third-order valence-electron chi connectivity index (χ3n) is 2.95. The number of thioether (sulfide) groups is 1. The number of amides is 1. The summed E-state index contributed by atoms with van der Waals surface area (Å²) in [6.45, 7) is 0. The molecule has 0 atom stereocenters. The van der Waals surface area contributed by atoms with Gasteiger partial charge in [-0.15, -0.1) is 11.8 Å². The average molecular weight is 287 g/mol. The predicted molar refractivity (Wildman–Crippen MR) is 81.5 cm³/mol. The van der Waals surface area contributed by atoms with Crippen LogP contribution < -0.4 is 0 Å². The number of nitrogens with zero attached hydrogens (tertiary/aromatic N) is 1. The fourth-order valence-corrected chi connectivity index (χ4v) is 2.71. The lowest BCUT2D eigenvalue weighted by Crippen LogP contribution is -2.26. The second-order valence-electron chi connectivity index (χ2n) is 4.24. The van der Waals surface area contributed by atoms with Crippen molar-refractivity contribution < 1.29 is 9.63 Å². The van der Waals surface area contributed by atoms with Gasteiger partial charge >= 0.3 is 0 Å². The Labute approximate surface area is 123 Å². The van der Waals surface area contributed by atoms with Crippen molar-refractivity contribution in [3.63, 3.8) is 0 Å². The molecule has 0 spiro atoms. The minimum absolute atomic E-state index is 0.128. The van der Waals surface area contributed by atoms with Crippen molar-refractivity contribution >= 4 is 17.7 Å². The van der Waals surface area contributed by atoms with Crippen LogP contribution in [0.4, 0.5) is 0 Å². The molecule has 4 heteroatoms. The zero-order valence-corrected chi connectivity index (χ0v) is 12.4. The summed E-state index contributed by atoms with van der Waals surface area (Å²) < 4.78 is 0.